The zero-order valence-corrected chi connectivity index (χ0v) is 14.8. The number of nitrogens with zero attached hydrogens (tertiary/aromatic N) is 1. The highest BCUT2D eigenvalue weighted by Gasteiger charge is 2.24. The second kappa shape index (κ2) is 8.45. The van der Waals surface area contributed by atoms with Gasteiger partial charge >= 0.3 is 6.61 Å². The number of carbonyl (C=O) groups is 1. The van der Waals surface area contributed by atoms with Crippen molar-refractivity contribution in [3.63, 3.8) is 0 Å². The molecule has 0 aliphatic heterocycles. The maximum atomic E-state index is 13.1. The zero-order chi connectivity index (χ0) is 19.2. The van der Waals surface area contributed by atoms with Crippen molar-refractivity contribution in [2.45, 2.75) is 12.7 Å². The van der Waals surface area contributed by atoms with E-state index in [9.17, 15) is 13.6 Å². The van der Waals surface area contributed by atoms with Gasteiger partial charge in [0.1, 0.15) is 5.75 Å². The predicted molar refractivity (Wildman–Crippen MR) is 99.9 cm³/mol. The van der Waals surface area contributed by atoms with Crippen LogP contribution >= 0.6 is 0 Å². The van der Waals surface area contributed by atoms with E-state index in [2.05, 4.69) is 4.74 Å². The van der Waals surface area contributed by atoms with Crippen LogP contribution in [-0.2, 0) is 0 Å². The van der Waals surface area contributed by atoms with Crippen molar-refractivity contribution < 1.29 is 18.3 Å². The van der Waals surface area contributed by atoms with Crippen molar-refractivity contribution >= 4 is 5.91 Å². The number of amides is 1. The Labute approximate surface area is 156 Å². The molecular weight excluding hydrogens is 348 g/mol. The van der Waals surface area contributed by atoms with Crippen molar-refractivity contribution in [1.82, 2.24) is 4.90 Å². The first-order valence-corrected chi connectivity index (χ1v) is 8.48. The zero-order valence-electron chi connectivity index (χ0n) is 14.8. The van der Waals surface area contributed by atoms with Gasteiger partial charge < -0.3 is 9.64 Å². The molecule has 138 valence electrons. The Kier molecular flexibility index (Phi) is 5.81. The summed E-state index contributed by atoms with van der Waals surface area (Å²) < 4.78 is 29.3. The number of hydrogen-bond acceptors (Lipinski definition) is 2. The molecule has 0 heterocycles. The van der Waals surface area contributed by atoms with Gasteiger partial charge in [-0.05, 0) is 29.3 Å². The van der Waals surface area contributed by atoms with Crippen LogP contribution in [-0.4, -0.2) is 24.5 Å². The van der Waals surface area contributed by atoms with Gasteiger partial charge in [-0.1, -0.05) is 66.7 Å². The number of rotatable bonds is 6. The van der Waals surface area contributed by atoms with Gasteiger partial charge in [0.05, 0.1) is 6.04 Å². The second-order valence-corrected chi connectivity index (χ2v) is 6.05. The van der Waals surface area contributed by atoms with Crippen LogP contribution in [0.5, 0.6) is 5.75 Å². The van der Waals surface area contributed by atoms with E-state index < -0.39 is 6.61 Å². The summed E-state index contributed by atoms with van der Waals surface area (Å²) >= 11 is 0. The van der Waals surface area contributed by atoms with Gasteiger partial charge in [0.15, 0.2) is 0 Å². The summed E-state index contributed by atoms with van der Waals surface area (Å²) in [6, 6.07) is 24.9. The number of hydrogen-bond donors (Lipinski definition) is 0. The average molecular weight is 367 g/mol. The largest absolute Gasteiger partial charge is 0.435 e. The molecule has 0 spiro atoms. The van der Waals surface area contributed by atoms with Gasteiger partial charge in [-0.15, -0.1) is 0 Å². The van der Waals surface area contributed by atoms with Gasteiger partial charge in [0.2, 0.25) is 0 Å². The third kappa shape index (κ3) is 4.50. The number of alkyl halides is 2. The molecule has 0 unspecified atom stereocenters. The lowest BCUT2D eigenvalue weighted by Crippen LogP contribution is -2.32. The Morgan fingerprint density at radius 3 is 1.93 bits per heavy atom. The minimum Gasteiger partial charge on any atom is -0.435 e. The van der Waals surface area contributed by atoms with Crippen molar-refractivity contribution in [2.75, 3.05) is 7.05 Å². The topological polar surface area (TPSA) is 29.5 Å². The predicted octanol–water partition coefficient (Wildman–Crippen LogP) is 5.15. The lowest BCUT2D eigenvalue weighted by molar-refractivity contribution is -0.0499. The Morgan fingerprint density at radius 1 is 0.852 bits per heavy atom. The van der Waals surface area contributed by atoms with Gasteiger partial charge in [-0.2, -0.15) is 8.78 Å². The van der Waals surface area contributed by atoms with E-state index in [1.54, 1.807) is 18.0 Å². The summed E-state index contributed by atoms with van der Waals surface area (Å²) in [4.78, 5) is 14.7. The molecule has 27 heavy (non-hydrogen) atoms. The van der Waals surface area contributed by atoms with E-state index in [-0.39, 0.29) is 23.3 Å². The second-order valence-electron chi connectivity index (χ2n) is 6.05. The van der Waals surface area contributed by atoms with E-state index in [4.69, 9.17) is 0 Å². The first-order valence-electron chi connectivity index (χ1n) is 8.48. The smallest absolute Gasteiger partial charge is 0.387 e. The third-order valence-corrected chi connectivity index (χ3v) is 4.24. The Hall–Kier alpha value is -3.21. The van der Waals surface area contributed by atoms with E-state index in [1.165, 1.54) is 18.2 Å². The van der Waals surface area contributed by atoms with Crippen LogP contribution in [0.4, 0.5) is 8.78 Å². The molecular formula is C22H19F2NO2. The molecule has 0 bridgehead atoms. The molecule has 3 rings (SSSR count). The summed E-state index contributed by atoms with van der Waals surface area (Å²) in [7, 11) is 1.70. The standard InChI is InChI=1S/C22H19F2NO2/c1-25(21(26)18-13-8-14-19(15-18)27-22(23)24)20(16-9-4-2-5-10-16)17-11-6-3-7-12-17/h2-15,20,22H,1H3. The first kappa shape index (κ1) is 18.6. The van der Waals surface area contributed by atoms with Crippen LogP contribution in [0, 0.1) is 0 Å². The highest BCUT2D eigenvalue weighted by Crippen LogP contribution is 2.29. The summed E-state index contributed by atoms with van der Waals surface area (Å²) in [6.07, 6.45) is 0. The van der Waals surface area contributed by atoms with Crippen LogP contribution in [0.25, 0.3) is 0 Å². The molecule has 0 saturated heterocycles. The SMILES string of the molecule is CN(C(=O)c1cccc(OC(F)F)c1)C(c1ccccc1)c1ccccc1. The Balaban J connectivity index is 1.95. The Bertz CT molecular complexity index is 846. The highest BCUT2D eigenvalue weighted by molar-refractivity contribution is 5.95. The van der Waals surface area contributed by atoms with E-state index in [1.807, 2.05) is 60.7 Å². The monoisotopic (exact) mass is 367 g/mol. The normalized spacial score (nSPS) is 10.9. The van der Waals surface area contributed by atoms with Crippen LogP contribution < -0.4 is 4.74 Å². The average Bonchev–Trinajstić information content (AvgIpc) is 2.69. The third-order valence-electron chi connectivity index (χ3n) is 4.24. The quantitative estimate of drug-likeness (QED) is 0.603. The van der Waals surface area contributed by atoms with Gasteiger partial charge in [-0.25, -0.2) is 0 Å². The molecule has 0 saturated carbocycles. The summed E-state index contributed by atoms with van der Waals surface area (Å²) in [5, 5.41) is 0. The number of benzene rings is 3. The number of carbonyl (C=O) groups excluding carboxylic acids is 1. The molecule has 5 heteroatoms. The van der Waals surface area contributed by atoms with Crippen LogP contribution in [0.3, 0.4) is 0 Å². The summed E-state index contributed by atoms with van der Waals surface area (Å²) in [6.45, 7) is -2.94. The molecule has 0 N–H and O–H groups in total. The molecule has 3 nitrogen and oxygen atoms in total. The van der Waals surface area contributed by atoms with E-state index >= 15 is 0 Å². The van der Waals surface area contributed by atoms with Crippen molar-refractivity contribution in [3.8, 4) is 5.75 Å². The number of halogens is 2. The van der Waals surface area contributed by atoms with E-state index in [0.717, 1.165) is 11.1 Å². The van der Waals surface area contributed by atoms with Crippen molar-refractivity contribution in [1.29, 1.82) is 0 Å². The van der Waals surface area contributed by atoms with Crippen molar-refractivity contribution in [2.24, 2.45) is 0 Å². The lowest BCUT2D eigenvalue weighted by atomic mass is 9.97. The number of ether oxygens (including phenoxy) is 1. The molecule has 0 aliphatic rings. The molecule has 3 aromatic carbocycles. The minimum absolute atomic E-state index is 0.0415. The molecule has 0 fully saturated rings. The van der Waals surface area contributed by atoms with Gasteiger partial charge in [0.25, 0.3) is 5.91 Å². The van der Waals surface area contributed by atoms with E-state index in [0.29, 0.717) is 0 Å². The highest BCUT2D eigenvalue weighted by atomic mass is 19.3. The first-order chi connectivity index (χ1) is 13.1. The van der Waals surface area contributed by atoms with Crippen LogP contribution in [0.1, 0.15) is 27.5 Å². The molecule has 0 radical (unpaired) electrons. The fourth-order valence-corrected chi connectivity index (χ4v) is 3.04. The summed E-state index contributed by atoms with van der Waals surface area (Å²) in [5.41, 5.74) is 2.20. The fourth-order valence-electron chi connectivity index (χ4n) is 3.04. The maximum absolute atomic E-state index is 13.1. The van der Waals surface area contributed by atoms with Crippen LogP contribution in [0.15, 0.2) is 84.9 Å². The Morgan fingerprint density at radius 2 is 1.41 bits per heavy atom. The fraction of sp³-hybridized carbons (Fsp3) is 0.136. The molecule has 0 aliphatic carbocycles. The summed E-state index contributed by atoms with van der Waals surface area (Å²) in [5.74, 6) is -0.326. The molecule has 0 atom stereocenters. The van der Waals surface area contributed by atoms with Crippen molar-refractivity contribution in [3.05, 3.63) is 102 Å². The van der Waals surface area contributed by atoms with Crippen LogP contribution in [0.2, 0.25) is 0 Å². The lowest BCUT2D eigenvalue weighted by Gasteiger charge is -2.29. The molecule has 0 aromatic heterocycles. The molecule has 3 aromatic rings. The molecule has 1 amide bonds. The van der Waals surface area contributed by atoms with Gasteiger partial charge in [0, 0.05) is 12.6 Å². The van der Waals surface area contributed by atoms with Gasteiger partial charge in [-0.3, -0.25) is 4.79 Å². The minimum atomic E-state index is -2.94. The maximum Gasteiger partial charge on any atom is 0.387 e.